The smallest absolute Gasteiger partial charge is 0.326 e. The quantitative estimate of drug-likeness (QED) is 0.702. The highest BCUT2D eigenvalue weighted by atomic mass is 16.4. The molecule has 2 amide bonds. The Balaban J connectivity index is 1.97. The van der Waals surface area contributed by atoms with Crippen LogP contribution in [0, 0.1) is 17.3 Å². The number of carbonyl (C=O) groups excluding carboxylic acids is 1. The van der Waals surface area contributed by atoms with E-state index in [0.29, 0.717) is 19.0 Å². The van der Waals surface area contributed by atoms with Gasteiger partial charge in [0.05, 0.1) is 6.10 Å². The van der Waals surface area contributed by atoms with Crippen molar-refractivity contribution in [3.8, 4) is 0 Å². The number of carboxylic acid groups (broad SMARTS) is 1. The normalized spacial score (nSPS) is 31.0. The van der Waals surface area contributed by atoms with Crippen LogP contribution in [-0.4, -0.2) is 52.3 Å². The van der Waals surface area contributed by atoms with Crippen LogP contribution in [0.1, 0.15) is 33.6 Å². The van der Waals surface area contributed by atoms with E-state index in [1.807, 2.05) is 0 Å². The van der Waals surface area contributed by atoms with Crippen LogP contribution in [0.15, 0.2) is 0 Å². The molecule has 0 spiro atoms. The Morgan fingerprint density at radius 3 is 2.40 bits per heavy atom. The molecule has 2 aliphatic rings. The Kier molecular flexibility index (Phi) is 3.95. The lowest BCUT2D eigenvalue weighted by Gasteiger charge is -2.30. The van der Waals surface area contributed by atoms with Crippen LogP contribution in [0.4, 0.5) is 4.79 Å². The van der Waals surface area contributed by atoms with Gasteiger partial charge in [-0.25, -0.2) is 9.59 Å². The van der Waals surface area contributed by atoms with E-state index in [2.05, 4.69) is 5.32 Å². The molecule has 114 valence electrons. The van der Waals surface area contributed by atoms with E-state index >= 15 is 0 Å². The molecule has 20 heavy (non-hydrogen) atoms. The summed E-state index contributed by atoms with van der Waals surface area (Å²) < 4.78 is 0. The third-order valence-corrected chi connectivity index (χ3v) is 4.49. The number of aliphatic hydroxyl groups is 1. The summed E-state index contributed by atoms with van der Waals surface area (Å²) in [5.74, 6) is -0.516. The third-order valence-electron chi connectivity index (χ3n) is 4.49. The van der Waals surface area contributed by atoms with Gasteiger partial charge in [0.2, 0.25) is 0 Å². The largest absolute Gasteiger partial charge is 0.480 e. The van der Waals surface area contributed by atoms with Gasteiger partial charge in [-0.15, -0.1) is 0 Å². The van der Waals surface area contributed by atoms with Crippen molar-refractivity contribution >= 4 is 12.0 Å². The van der Waals surface area contributed by atoms with Gasteiger partial charge in [-0.1, -0.05) is 20.8 Å². The molecule has 0 aromatic heterocycles. The minimum absolute atomic E-state index is 0.152. The van der Waals surface area contributed by atoms with Gasteiger partial charge in [-0.2, -0.15) is 0 Å². The molecule has 1 heterocycles. The molecule has 6 heteroatoms. The zero-order valence-corrected chi connectivity index (χ0v) is 12.3. The summed E-state index contributed by atoms with van der Waals surface area (Å²) in [5, 5.41) is 21.7. The standard InChI is InChI=1S/C14H24N2O4/c1-14(2,3)11(12(18)19)15-13(20)16-6-8-4-5-10(17)9(8)7-16/h8-11,17H,4-7H2,1-3H3,(H,15,20)(H,18,19)/t8?,9?,10?,11-/m1/s1. The molecule has 1 saturated heterocycles. The number of fused-ring (bicyclic) bond motifs is 1. The molecule has 1 saturated carbocycles. The number of urea groups is 1. The number of hydrogen-bond acceptors (Lipinski definition) is 3. The topological polar surface area (TPSA) is 89.9 Å². The van der Waals surface area contributed by atoms with Gasteiger partial charge in [0.15, 0.2) is 0 Å². The number of rotatable bonds is 2. The Morgan fingerprint density at radius 1 is 1.25 bits per heavy atom. The van der Waals surface area contributed by atoms with Crippen LogP contribution in [0.25, 0.3) is 0 Å². The summed E-state index contributed by atoms with van der Waals surface area (Å²) in [7, 11) is 0. The molecule has 0 aromatic rings. The lowest BCUT2D eigenvalue weighted by molar-refractivity contribution is -0.142. The highest BCUT2D eigenvalue weighted by molar-refractivity contribution is 5.83. The van der Waals surface area contributed by atoms with E-state index in [1.54, 1.807) is 25.7 Å². The van der Waals surface area contributed by atoms with Crippen LogP contribution in [0.5, 0.6) is 0 Å². The molecule has 6 nitrogen and oxygen atoms in total. The number of hydrogen-bond donors (Lipinski definition) is 3. The van der Waals surface area contributed by atoms with Crippen molar-refractivity contribution in [3.05, 3.63) is 0 Å². The van der Waals surface area contributed by atoms with Gasteiger partial charge in [0.1, 0.15) is 6.04 Å². The lowest BCUT2D eigenvalue weighted by Crippen LogP contribution is -2.53. The number of amides is 2. The van der Waals surface area contributed by atoms with Gasteiger partial charge in [0.25, 0.3) is 0 Å². The first-order valence-electron chi connectivity index (χ1n) is 7.16. The Hall–Kier alpha value is -1.30. The summed E-state index contributed by atoms with van der Waals surface area (Å²) >= 11 is 0. The van der Waals surface area contributed by atoms with E-state index < -0.39 is 17.4 Å². The number of likely N-dealkylation sites (tertiary alicyclic amines) is 1. The fourth-order valence-electron chi connectivity index (χ4n) is 3.27. The van der Waals surface area contributed by atoms with E-state index in [9.17, 15) is 19.8 Å². The summed E-state index contributed by atoms with van der Waals surface area (Å²) in [5.41, 5.74) is -0.545. The molecule has 3 N–H and O–H groups in total. The fourth-order valence-corrected chi connectivity index (χ4v) is 3.27. The van der Waals surface area contributed by atoms with Crippen LogP contribution < -0.4 is 5.32 Å². The molecule has 0 bridgehead atoms. The molecule has 3 unspecified atom stereocenters. The van der Waals surface area contributed by atoms with E-state index in [-0.39, 0.29) is 18.1 Å². The number of aliphatic carboxylic acids is 1. The van der Waals surface area contributed by atoms with E-state index in [0.717, 1.165) is 12.8 Å². The van der Waals surface area contributed by atoms with Gasteiger partial charge in [-0.3, -0.25) is 0 Å². The number of aliphatic hydroxyl groups excluding tert-OH is 1. The molecular weight excluding hydrogens is 260 g/mol. The SMILES string of the molecule is CC(C)(C)[C@H](NC(=O)N1CC2CCC(O)C2C1)C(=O)O. The van der Waals surface area contributed by atoms with Crippen molar-refractivity contribution in [2.45, 2.75) is 45.8 Å². The molecule has 2 rings (SSSR count). The van der Waals surface area contributed by atoms with Crippen molar-refractivity contribution in [2.24, 2.45) is 17.3 Å². The van der Waals surface area contributed by atoms with Crippen LogP contribution in [0.2, 0.25) is 0 Å². The molecule has 0 aromatic carbocycles. The summed E-state index contributed by atoms with van der Waals surface area (Å²) in [4.78, 5) is 25.1. The van der Waals surface area contributed by atoms with Crippen molar-refractivity contribution in [3.63, 3.8) is 0 Å². The summed E-state index contributed by atoms with van der Waals surface area (Å²) in [6.45, 7) is 6.50. The second-order valence-electron chi connectivity index (χ2n) is 7.06. The van der Waals surface area contributed by atoms with Gasteiger partial charge < -0.3 is 20.4 Å². The Bertz CT molecular complexity index is 404. The molecule has 0 radical (unpaired) electrons. The van der Waals surface area contributed by atoms with Crippen molar-refractivity contribution in [1.29, 1.82) is 0 Å². The number of nitrogens with one attached hydrogen (secondary N) is 1. The van der Waals surface area contributed by atoms with Crippen LogP contribution >= 0.6 is 0 Å². The zero-order valence-electron chi connectivity index (χ0n) is 12.3. The van der Waals surface area contributed by atoms with Crippen molar-refractivity contribution in [2.75, 3.05) is 13.1 Å². The highest BCUT2D eigenvalue weighted by Crippen LogP contribution is 2.38. The fraction of sp³-hybridized carbons (Fsp3) is 0.857. The minimum Gasteiger partial charge on any atom is -0.480 e. The highest BCUT2D eigenvalue weighted by Gasteiger charge is 2.44. The van der Waals surface area contributed by atoms with Gasteiger partial charge in [0, 0.05) is 19.0 Å². The average Bonchev–Trinajstić information content (AvgIpc) is 2.86. The Labute approximate surface area is 119 Å². The number of carbonyl (C=O) groups is 2. The molecule has 4 atom stereocenters. The van der Waals surface area contributed by atoms with Crippen molar-refractivity contribution < 1.29 is 19.8 Å². The lowest BCUT2D eigenvalue weighted by atomic mass is 9.87. The number of nitrogens with zero attached hydrogens (tertiary/aromatic N) is 1. The van der Waals surface area contributed by atoms with E-state index in [1.165, 1.54) is 0 Å². The molecule has 1 aliphatic heterocycles. The van der Waals surface area contributed by atoms with Crippen molar-refractivity contribution in [1.82, 2.24) is 10.2 Å². The second-order valence-corrected chi connectivity index (χ2v) is 7.06. The number of carboxylic acids is 1. The molecule has 1 aliphatic carbocycles. The minimum atomic E-state index is -1.02. The van der Waals surface area contributed by atoms with Crippen LogP contribution in [0.3, 0.4) is 0 Å². The molecular formula is C14H24N2O4. The average molecular weight is 284 g/mol. The predicted octanol–water partition coefficient (Wildman–Crippen LogP) is 0.898. The second kappa shape index (κ2) is 5.24. The van der Waals surface area contributed by atoms with Crippen LogP contribution in [-0.2, 0) is 4.79 Å². The third kappa shape index (κ3) is 2.90. The Morgan fingerprint density at radius 2 is 1.90 bits per heavy atom. The van der Waals surface area contributed by atoms with E-state index in [4.69, 9.17) is 0 Å². The maximum absolute atomic E-state index is 12.2. The summed E-state index contributed by atoms with van der Waals surface area (Å²) in [6, 6.07) is -1.26. The first-order valence-corrected chi connectivity index (χ1v) is 7.16. The van der Waals surface area contributed by atoms with Gasteiger partial charge >= 0.3 is 12.0 Å². The van der Waals surface area contributed by atoms with Gasteiger partial charge in [-0.05, 0) is 24.2 Å². The monoisotopic (exact) mass is 284 g/mol. The first kappa shape index (κ1) is 15.1. The zero-order chi connectivity index (χ0) is 15.1. The first-order chi connectivity index (χ1) is 9.20. The maximum Gasteiger partial charge on any atom is 0.326 e. The maximum atomic E-state index is 12.2. The summed E-state index contributed by atoms with van der Waals surface area (Å²) in [6.07, 6.45) is 1.43. The predicted molar refractivity (Wildman–Crippen MR) is 73.2 cm³/mol. The molecule has 2 fully saturated rings.